The lowest BCUT2D eigenvalue weighted by Gasteiger charge is -2.25. The summed E-state index contributed by atoms with van der Waals surface area (Å²) >= 11 is 0. The van der Waals surface area contributed by atoms with Gasteiger partial charge in [0, 0.05) is 6.07 Å². The summed E-state index contributed by atoms with van der Waals surface area (Å²) in [4.78, 5) is 23.0. The third kappa shape index (κ3) is 3.74. The summed E-state index contributed by atoms with van der Waals surface area (Å²) in [6.07, 6.45) is 0. The molecule has 0 bridgehead atoms. The molecule has 0 aromatic heterocycles. The Bertz CT molecular complexity index is 509. The lowest BCUT2D eigenvalue weighted by Crippen LogP contribution is -2.39. The van der Waals surface area contributed by atoms with Crippen LogP contribution in [-0.2, 0) is 9.59 Å². The van der Waals surface area contributed by atoms with Gasteiger partial charge in [-0.05, 0) is 17.5 Å². The molecular weight excluding hydrogens is 256 g/mol. The van der Waals surface area contributed by atoms with E-state index in [9.17, 15) is 18.4 Å². The van der Waals surface area contributed by atoms with Crippen molar-refractivity contribution >= 4 is 17.6 Å². The summed E-state index contributed by atoms with van der Waals surface area (Å²) in [6.45, 7) is 4.73. The van der Waals surface area contributed by atoms with Crippen LogP contribution in [0.1, 0.15) is 20.8 Å². The van der Waals surface area contributed by atoms with E-state index in [-0.39, 0.29) is 5.69 Å². The fourth-order valence-electron chi connectivity index (χ4n) is 1.67. The second kappa shape index (κ2) is 5.34. The maximum atomic E-state index is 13.4. The molecule has 1 atom stereocenters. The van der Waals surface area contributed by atoms with E-state index in [2.05, 4.69) is 5.32 Å². The number of carbonyl (C=O) groups excluding carboxylic acids is 1. The van der Waals surface area contributed by atoms with Crippen LogP contribution in [-0.4, -0.2) is 17.0 Å². The minimum absolute atomic E-state index is 0.375. The Balaban J connectivity index is 3.01. The molecule has 1 aromatic carbocycles. The summed E-state index contributed by atoms with van der Waals surface area (Å²) < 4.78 is 26.3. The Labute approximate surface area is 109 Å². The van der Waals surface area contributed by atoms with Gasteiger partial charge in [0.2, 0.25) is 5.91 Å². The Morgan fingerprint density at radius 2 is 1.84 bits per heavy atom. The molecule has 0 aliphatic rings. The highest BCUT2D eigenvalue weighted by Gasteiger charge is 2.37. The predicted octanol–water partition coefficient (Wildman–Crippen LogP) is 2.65. The van der Waals surface area contributed by atoms with Crippen molar-refractivity contribution in [3.05, 3.63) is 29.8 Å². The van der Waals surface area contributed by atoms with Gasteiger partial charge in [-0.2, -0.15) is 0 Å². The third-order valence-corrected chi connectivity index (χ3v) is 2.56. The molecular formula is C13H15F2NO3. The predicted molar refractivity (Wildman–Crippen MR) is 65.6 cm³/mol. The van der Waals surface area contributed by atoms with Gasteiger partial charge in [-0.25, -0.2) is 8.78 Å². The largest absolute Gasteiger partial charge is 0.481 e. The standard InChI is InChI=1S/C13H15F2NO3/c1-13(2,3)10(12(18)19)11(17)16-9-6-7(14)4-5-8(9)15/h4-6,10H,1-3H3,(H,16,17)(H,18,19). The molecule has 0 spiro atoms. The van der Waals surface area contributed by atoms with Gasteiger partial charge in [-0.1, -0.05) is 20.8 Å². The van der Waals surface area contributed by atoms with E-state index < -0.39 is 34.8 Å². The van der Waals surface area contributed by atoms with Crippen molar-refractivity contribution in [2.45, 2.75) is 20.8 Å². The molecule has 4 nitrogen and oxygen atoms in total. The zero-order valence-corrected chi connectivity index (χ0v) is 10.8. The lowest BCUT2D eigenvalue weighted by molar-refractivity contribution is -0.149. The molecule has 6 heteroatoms. The number of aliphatic carboxylic acids is 1. The van der Waals surface area contributed by atoms with Gasteiger partial charge in [0.1, 0.15) is 17.6 Å². The molecule has 19 heavy (non-hydrogen) atoms. The van der Waals surface area contributed by atoms with Crippen LogP contribution in [0.15, 0.2) is 18.2 Å². The molecule has 0 heterocycles. The molecule has 1 rings (SSSR count). The first-order valence-electron chi connectivity index (χ1n) is 5.61. The fraction of sp³-hybridized carbons (Fsp3) is 0.385. The number of carboxylic acid groups (broad SMARTS) is 1. The number of anilines is 1. The summed E-state index contributed by atoms with van der Waals surface area (Å²) in [5.41, 5.74) is -1.22. The summed E-state index contributed by atoms with van der Waals surface area (Å²) in [5, 5.41) is 11.2. The van der Waals surface area contributed by atoms with Crippen molar-refractivity contribution in [2.75, 3.05) is 5.32 Å². The van der Waals surface area contributed by atoms with Crippen molar-refractivity contribution in [3.8, 4) is 0 Å². The first-order valence-corrected chi connectivity index (χ1v) is 5.61. The summed E-state index contributed by atoms with van der Waals surface area (Å²) in [6, 6.07) is 2.57. The smallest absolute Gasteiger partial charge is 0.316 e. The molecule has 0 saturated heterocycles. The first kappa shape index (κ1) is 15.1. The molecule has 2 N–H and O–H groups in total. The molecule has 1 unspecified atom stereocenters. The Kier molecular flexibility index (Phi) is 4.24. The molecule has 0 fully saturated rings. The van der Waals surface area contributed by atoms with E-state index in [1.54, 1.807) is 20.8 Å². The van der Waals surface area contributed by atoms with Crippen LogP contribution in [0.25, 0.3) is 0 Å². The molecule has 1 amide bonds. The highest BCUT2D eigenvalue weighted by atomic mass is 19.1. The molecule has 1 aromatic rings. The Morgan fingerprint density at radius 3 is 2.32 bits per heavy atom. The highest BCUT2D eigenvalue weighted by molar-refractivity contribution is 6.04. The Hall–Kier alpha value is -1.98. The van der Waals surface area contributed by atoms with Crippen molar-refractivity contribution in [1.29, 1.82) is 0 Å². The van der Waals surface area contributed by atoms with E-state index in [0.717, 1.165) is 18.2 Å². The highest BCUT2D eigenvalue weighted by Crippen LogP contribution is 2.28. The van der Waals surface area contributed by atoms with Gasteiger partial charge in [0.15, 0.2) is 0 Å². The zero-order valence-electron chi connectivity index (χ0n) is 10.8. The second-order valence-electron chi connectivity index (χ2n) is 5.25. The molecule has 104 valence electrons. The van der Waals surface area contributed by atoms with Gasteiger partial charge >= 0.3 is 5.97 Å². The topological polar surface area (TPSA) is 66.4 Å². The van der Waals surface area contributed by atoms with Gasteiger partial charge in [-0.3, -0.25) is 9.59 Å². The van der Waals surface area contributed by atoms with Crippen LogP contribution in [0.3, 0.4) is 0 Å². The number of rotatable bonds is 3. The normalized spacial score (nSPS) is 12.9. The quantitative estimate of drug-likeness (QED) is 0.830. The molecule has 0 saturated carbocycles. The lowest BCUT2D eigenvalue weighted by atomic mass is 9.80. The van der Waals surface area contributed by atoms with Crippen molar-refractivity contribution in [3.63, 3.8) is 0 Å². The monoisotopic (exact) mass is 271 g/mol. The SMILES string of the molecule is CC(C)(C)C(C(=O)O)C(=O)Nc1cc(F)ccc1F. The number of carbonyl (C=O) groups is 2. The number of amides is 1. The van der Waals surface area contributed by atoms with Crippen LogP contribution >= 0.6 is 0 Å². The number of hydrogen-bond donors (Lipinski definition) is 2. The average Bonchev–Trinajstić information content (AvgIpc) is 2.20. The number of halogens is 2. The van der Waals surface area contributed by atoms with E-state index in [0.29, 0.717) is 0 Å². The van der Waals surface area contributed by atoms with Gasteiger partial charge in [0.05, 0.1) is 5.69 Å². The van der Waals surface area contributed by atoms with Crippen LogP contribution < -0.4 is 5.32 Å². The van der Waals surface area contributed by atoms with Crippen molar-refractivity contribution < 1.29 is 23.5 Å². The van der Waals surface area contributed by atoms with Gasteiger partial charge < -0.3 is 10.4 Å². The maximum absolute atomic E-state index is 13.4. The van der Waals surface area contributed by atoms with E-state index in [1.165, 1.54) is 0 Å². The second-order valence-corrected chi connectivity index (χ2v) is 5.25. The van der Waals surface area contributed by atoms with E-state index in [1.807, 2.05) is 0 Å². The molecule has 0 radical (unpaired) electrons. The molecule has 0 aliphatic heterocycles. The van der Waals surface area contributed by atoms with E-state index >= 15 is 0 Å². The van der Waals surface area contributed by atoms with Crippen LogP contribution in [0.2, 0.25) is 0 Å². The Morgan fingerprint density at radius 1 is 1.26 bits per heavy atom. The minimum Gasteiger partial charge on any atom is -0.481 e. The number of nitrogens with one attached hydrogen (secondary N) is 1. The summed E-state index contributed by atoms with van der Waals surface area (Å²) in [7, 11) is 0. The number of benzene rings is 1. The maximum Gasteiger partial charge on any atom is 0.316 e. The minimum atomic E-state index is -1.37. The number of carboxylic acids is 1. The van der Waals surface area contributed by atoms with Gasteiger partial charge in [-0.15, -0.1) is 0 Å². The third-order valence-electron chi connectivity index (χ3n) is 2.56. The average molecular weight is 271 g/mol. The first-order chi connectivity index (χ1) is 8.62. The van der Waals surface area contributed by atoms with Crippen LogP contribution in [0.5, 0.6) is 0 Å². The van der Waals surface area contributed by atoms with E-state index in [4.69, 9.17) is 5.11 Å². The van der Waals surface area contributed by atoms with Crippen molar-refractivity contribution in [1.82, 2.24) is 0 Å². The molecule has 0 aliphatic carbocycles. The van der Waals surface area contributed by atoms with Gasteiger partial charge in [0.25, 0.3) is 0 Å². The fourth-order valence-corrected chi connectivity index (χ4v) is 1.67. The van der Waals surface area contributed by atoms with Crippen molar-refractivity contribution in [2.24, 2.45) is 11.3 Å². The van der Waals surface area contributed by atoms with Crippen LogP contribution in [0, 0.1) is 23.0 Å². The zero-order chi connectivity index (χ0) is 14.8. The van der Waals surface area contributed by atoms with Crippen LogP contribution in [0.4, 0.5) is 14.5 Å². The number of hydrogen-bond acceptors (Lipinski definition) is 2. The summed E-state index contributed by atoms with van der Waals surface area (Å²) in [5.74, 6) is -5.12.